The molecule has 9 heavy (non-hydrogen) atoms. The van der Waals surface area contributed by atoms with E-state index in [-0.39, 0.29) is 6.54 Å². The Balaban J connectivity index is 3.47. The maximum absolute atomic E-state index is 9.66. The van der Waals surface area contributed by atoms with Crippen molar-refractivity contribution in [3.63, 3.8) is 0 Å². The van der Waals surface area contributed by atoms with Crippen molar-refractivity contribution in [3.8, 4) is 0 Å². The second-order valence-corrected chi connectivity index (χ2v) is 2.18. The molecular weight excluding hydrogens is 151 g/mol. The van der Waals surface area contributed by atoms with Crippen LogP contribution in [0, 0.1) is 10.2 Å². The molecule has 0 heterocycles. The summed E-state index contributed by atoms with van der Waals surface area (Å²) in [6.07, 6.45) is -1.24. The Bertz CT molecular complexity index is 83.1. The van der Waals surface area contributed by atoms with Gasteiger partial charge in [-0.25, -0.2) is 0 Å². The van der Waals surface area contributed by atoms with E-state index < -0.39 is 16.5 Å². The first-order valence-electron chi connectivity index (χ1n) is 2.00. The van der Waals surface area contributed by atoms with Gasteiger partial charge in [-0.15, -0.1) is 0 Å². The van der Waals surface area contributed by atoms with Gasteiger partial charge in [0.15, 0.2) is 0 Å². The van der Waals surface area contributed by atoms with Gasteiger partial charge in [0, 0.05) is 6.54 Å². The van der Waals surface area contributed by atoms with Gasteiger partial charge < -0.3 is 5.73 Å². The van der Waals surface area contributed by atoms with Gasteiger partial charge in [-0.1, -0.05) is 0 Å². The lowest BCUT2D eigenvalue weighted by atomic mass is 10.6. The quantitative estimate of drug-likeness (QED) is 0.396. The number of nitrogens with two attached hydrogens (primary N) is 2. The molecule has 0 aromatic heterocycles. The van der Waals surface area contributed by atoms with E-state index in [0.29, 0.717) is 0 Å². The predicted octanol–water partition coefficient (Wildman–Crippen LogP) is -4.86. The van der Waals surface area contributed by atoms with Crippen molar-refractivity contribution in [3.05, 3.63) is 0 Å². The normalized spacial score (nSPS) is 15.7. The summed E-state index contributed by atoms with van der Waals surface area (Å²) in [6.45, 7) is -0.214. The molecule has 0 aromatic rings. The number of hydrogen-bond donors (Lipinski definition) is 2. The molecule has 0 spiro atoms. The highest BCUT2D eigenvalue weighted by Crippen LogP contribution is 1.89. The molecule has 0 bridgehead atoms. The molecule has 0 saturated heterocycles. The van der Waals surface area contributed by atoms with Gasteiger partial charge in [0.25, 0.3) is 6.23 Å². The van der Waals surface area contributed by atoms with Crippen LogP contribution in [0.25, 0.3) is 0 Å². The molecule has 56 valence electrons. The molecule has 0 amide bonds. The molecule has 6 nitrogen and oxygen atoms in total. The predicted molar refractivity (Wildman–Crippen MR) is 18.1 cm³/mol. The van der Waals surface area contributed by atoms with Crippen LogP contribution < -0.4 is 25.4 Å². The Labute approximate surface area is 53.7 Å². The summed E-state index contributed by atoms with van der Waals surface area (Å²) in [5, 5.41) is 0. The first-order chi connectivity index (χ1) is 3.95. The molecule has 0 saturated carbocycles. The molecule has 1 atom stereocenters. The summed E-state index contributed by atoms with van der Waals surface area (Å²) in [7, 11) is -4.44. The van der Waals surface area contributed by atoms with Crippen molar-refractivity contribution in [2.75, 3.05) is 6.54 Å². The zero-order valence-electron chi connectivity index (χ0n) is 4.45. The Morgan fingerprint density at radius 3 is 2.00 bits per heavy atom. The minimum absolute atomic E-state index is 0.214. The topological polar surface area (TPSA) is 130 Å². The van der Waals surface area contributed by atoms with E-state index in [1.54, 1.807) is 0 Å². The summed E-state index contributed by atoms with van der Waals surface area (Å²) in [4.78, 5) is 0. The maximum atomic E-state index is 9.66. The molecule has 0 aliphatic carbocycles. The average Bonchev–Trinajstić information content (AvgIpc) is 1.62. The van der Waals surface area contributed by atoms with E-state index in [2.05, 4.69) is 4.29 Å². The standard InChI is InChI=1S/C2H7ClN2O4/c4-1-2(5)9-3(6,7)8/h2H,1,4-5H2. The second kappa shape index (κ2) is 3.28. The molecule has 0 fully saturated rings. The van der Waals surface area contributed by atoms with Gasteiger partial charge in [-0.3, -0.25) is 5.73 Å². The number of rotatable bonds is 3. The third-order valence-corrected chi connectivity index (χ3v) is 0.903. The fourth-order valence-corrected chi connectivity index (χ4v) is 0.530. The molecule has 0 aliphatic rings. The van der Waals surface area contributed by atoms with E-state index >= 15 is 0 Å². The summed E-state index contributed by atoms with van der Waals surface area (Å²) >= 11 is 0. The van der Waals surface area contributed by atoms with Gasteiger partial charge in [0.05, 0.1) is 14.5 Å². The monoisotopic (exact) mass is 158 g/mol. The smallest absolute Gasteiger partial charge is 0.275 e. The van der Waals surface area contributed by atoms with Gasteiger partial charge in [0.1, 0.15) is 0 Å². The average molecular weight is 159 g/mol. The van der Waals surface area contributed by atoms with E-state index in [9.17, 15) is 14.0 Å². The molecule has 0 radical (unpaired) electrons. The Kier molecular flexibility index (Phi) is 3.30. The van der Waals surface area contributed by atoms with Crippen LogP contribution in [0.5, 0.6) is 0 Å². The van der Waals surface area contributed by atoms with Crippen molar-refractivity contribution >= 4 is 0 Å². The van der Waals surface area contributed by atoms with Crippen LogP contribution in [0.3, 0.4) is 0 Å². The van der Waals surface area contributed by atoms with Gasteiger partial charge in [-0.2, -0.15) is 14.0 Å². The summed E-state index contributed by atoms with van der Waals surface area (Å²) in [5.41, 5.74) is 9.65. The fourth-order valence-electron chi connectivity index (χ4n) is 0.177. The molecule has 1 unspecified atom stereocenters. The minimum Gasteiger partial charge on any atom is -0.326 e. The molecular formula is C2H7ClN2O4. The van der Waals surface area contributed by atoms with Crippen LogP contribution in [0.4, 0.5) is 0 Å². The summed E-state index contributed by atoms with van der Waals surface area (Å²) < 4.78 is 32.6. The fraction of sp³-hybridized carbons (Fsp3) is 1.00. The van der Waals surface area contributed by atoms with E-state index in [0.717, 1.165) is 0 Å². The van der Waals surface area contributed by atoms with Crippen molar-refractivity contribution in [2.24, 2.45) is 11.5 Å². The Morgan fingerprint density at radius 2 is 1.89 bits per heavy atom. The van der Waals surface area contributed by atoms with E-state index in [1.165, 1.54) is 0 Å². The first kappa shape index (κ1) is 9.05. The lowest BCUT2D eigenvalue weighted by Crippen LogP contribution is -2.63. The third-order valence-electron chi connectivity index (χ3n) is 0.456. The molecule has 0 aromatic carbocycles. The van der Waals surface area contributed by atoms with E-state index in [1.807, 2.05) is 0 Å². The molecule has 0 aliphatic heterocycles. The Hall–Kier alpha value is 0.0500. The highest BCUT2D eigenvalue weighted by molar-refractivity contribution is 4.39. The van der Waals surface area contributed by atoms with Crippen LogP contribution in [-0.2, 0) is 4.29 Å². The summed E-state index contributed by atoms with van der Waals surface area (Å²) in [6, 6.07) is 0. The number of halogens is 1. The molecule has 4 N–H and O–H groups in total. The highest BCUT2D eigenvalue weighted by atomic mass is 35.7. The highest BCUT2D eigenvalue weighted by Gasteiger charge is 2.23. The van der Waals surface area contributed by atoms with Gasteiger partial charge >= 0.3 is 0 Å². The van der Waals surface area contributed by atoms with Crippen LogP contribution in [0.2, 0.25) is 0 Å². The van der Waals surface area contributed by atoms with Crippen LogP contribution in [-0.4, -0.2) is 12.8 Å². The maximum Gasteiger partial charge on any atom is 0.275 e. The second-order valence-electron chi connectivity index (χ2n) is 1.24. The minimum atomic E-state index is -4.44. The van der Waals surface area contributed by atoms with Crippen LogP contribution in [0.15, 0.2) is 0 Å². The van der Waals surface area contributed by atoms with Crippen molar-refractivity contribution in [2.45, 2.75) is 6.23 Å². The zero-order valence-corrected chi connectivity index (χ0v) is 5.21. The molecule has 7 heteroatoms. The van der Waals surface area contributed by atoms with Crippen molar-refractivity contribution in [1.29, 1.82) is 0 Å². The summed E-state index contributed by atoms with van der Waals surface area (Å²) in [5.74, 6) is 0. The number of hydrogen-bond acceptors (Lipinski definition) is 6. The van der Waals surface area contributed by atoms with Gasteiger partial charge in [0.2, 0.25) is 0 Å². The van der Waals surface area contributed by atoms with Crippen LogP contribution >= 0.6 is 0 Å². The van der Waals surface area contributed by atoms with Crippen molar-refractivity contribution in [1.82, 2.24) is 0 Å². The lowest BCUT2D eigenvalue weighted by molar-refractivity contribution is -1.92. The van der Waals surface area contributed by atoms with Crippen LogP contribution in [0.1, 0.15) is 0 Å². The first-order valence-corrected chi connectivity index (χ1v) is 3.24. The zero-order chi connectivity index (χ0) is 7.49. The third kappa shape index (κ3) is 5.93. The Morgan fingerprint density at radius 1 is 1.44 bits per heavy atom. The largest absolute Gasteiger partial charge is 0.326 e. The van der Waals surface area contributed by atoms with Gasteiger partial charge in [-0.05, 0) is 0 Å². The van der Waals surface area contributed by atoms with E-state index in [4.69, 9.17) is 11.5 Å². The molecule has 0 rings (SSSR count). The van der Waals surface area contributed by atoms with Crippen molar-refractivity contribution < 1.29 is 28.5 Å². The SMILES string of the molecule is NCC(N)O[Cl+3]([O-])([O-])[O-]. The lowest BCUT2D eigenvalue weighted by Gasteiger charge is -2.14.